The first-order valence-electron chi connectivity index (χ1n) is 7.11. The van der Waals surface area contributed by atoms with E-state index < -0.39 is 0 Å². The molecule has 1 aromatic rings. The summed E-state index contributed by atoms with van der Waals surface area (Å²) in [5.41, 5.74) is 5.05. The van der Waals surface area contributed by atoms with Gasteiger partial charge in [0.25, 0.3) is 0 Å². The molecule has 19 heavy (non-hydrogen) atoms. The summed E-state index contributed by atoms with van der Waals surface area (Å²) >= 11 is 0. The first kappa shape index (κ1) is 15.2. The fourth-order valence-corrected chi connectivity index (χ4v) is 2.11. The van der Waals surface area contributed by atoms with E-state index in [1.54, 1.807) is 0 Å². The lowest BCUT2D eigenvalue weighted by atomic mass is 9.96. The van der Waals surface area contributed by atoms with Crippen LogP contribution in [-0.2, 0) is 0 Å². The van der Waals surface area contributed by atoms with Gasteiger partial charge in [-0.3, -0.25) is 0 Å². The SMILES string of the molecule is C=C/C(=C\C)c1cccc(C2=CCCC=C2)c1.CC. The van der Waals surface area contributed by atoms with Gasteiger partial charge in [-0.1, -0.05) is 69.0 Å². The summed E-state index contributed by atoms with van der Waals surface area (Å²) < 4.78 is 0. The maximum Gasteiger partial charge on any atom is -0.0181 e. The smallest absolute Gasteiger partial charge is 0.0181 e. The number of benzene rings is 1. The van der Waals surface area contributed by atoms with Gasteiger partial charge in [0.05, 0.1) is 0 Å². The molecule has 0 aliphatic heterocycles. The Bertz CT molecular complexity index is 499. The Morgan fingerprint density at radius 1 is 1.21 bits per heavy atom. The molecule has 0 bridgehead atoms. The van der Waals surface area contributed by atoms with Crippen molar-refractivity contribution in [1.29, 1.82) is 0 Å². The minimum absolute atomic E-state index is 1.15. The predicted octanol–water partition coefficient (Wildman–Crippen LogP) is 6.04. The van der Waals surface area contributed by atoms with Gasteiger partial charge in [0, 0.05) is 0 Å². The second-order valence-corrected chi connectivity index (χ2v) is 4.17. The average Bonchev–Trinajstić information content (AvgIpc) is 2.52. The average molecular weight is 252 g/mol. The van der Waals surface area contributed by atoms with E-state index in [-0.39, 0.29) is 0 Å². The highest BCUT2D eigenvalue weighted by Gasteiger charge is 2.03. The molecule has 0 nitrogen and oxygen atoms in total. The first-order valence-corrected chi connectivity index (χ1v) is 7.11. The van der Waals surface area contributed by atoms with Gasteiger partial charge in [-0.2, -0.15) is 0 Å². The Morgan fingerprint density at radius 2 is 2.00 bits per heavy atom. The topological polar surface area (TPSA) is 0 Å². The lowest BCUT2D eigenvalue weighted by Gasteiger charge is -2.09. The van der Waals surface area contributed by atoms with Crippen molar-refractivity contribution in [3.8, 4) is 0 Å². The van der Waals surface area contributed by atoms with E-state index in [9.17, 15) is 0 Å². The molecule has 0 heteroatoms. The van der Waals surface area contributed by atoms with Crippen LogP contribution in [0.1, 0.15) is 44.7 Å². The maximum atomic E-state index is 3.85. The largest absolute Gasteiger partial charge is 0.0985 e. The zero-order valence-corrected chi connectivity index (χ0v) is 12.3. The molecule has 0 radical (unpaired) electrons. The molecule has 0 heterocycles. The first-order chi connectivity index (χ1) is 9.35. The van der Waals surface area contributed by atoms with Gasteiger partial charge in [0.1, 0.15) is 0 Å². The molecule has 100 valence electrons. The molecular weight excluding hydrogens is 228 g/mol. The fraction of sp³-hybridized carbons (Fsp3) is 0.263. The normalized spacial score (nSPS) is 14.3. The highest BCUT2D eigenvalue weighted by Crippen LogP contribution is 2.24. The van der Waals surface area contributed by atoms with Crippen molar-refractivity contribution in [3.63, 3.8) is 0 Å². The van der Waals surface area contributed by atoms with Crippen LogP contribution < -0.4 is 0 Å². The van der Waals surface area contributed by atoms with Gasteiger partial charge >= 0.3 is 0 Å². The molecule has 0 spiro atoms. The summed E-state index contributed by atoms with van der Waals surface area (Å²) in [5, 5.41) is 0. The summed E-state index contributed by atoms with van der Waals surface area (Å²) in [6.07, 6.45) is 13.1. The lowest BCUT2D eigenvalue weighted by Crippen LogP contribution is -1.88. The van der Waals surface area contributed by atoms with Gasteiger partial charge in [-0.15, -0.1) is 0 Å². The minimum Gasteiger partial charge on any atom is -0.0985 e. The van der Waals surface area contributed by atoms with E-state index in [1.165, 1.54) is 22.3 Å². The maximum absolute atomic E-state index is 3.85. The van der Waals surface area contributed by atoms with Crippen molar-refractivity contribution in [2.24, 2.45) is 0 Å². The molecule has 0 saturated carbocycles. The van der Waals surface area contributed by atoms with Gasteiger partial charge < -0.3 is 0 Å². The van der Waals surface area contributed by atoms with E-state index in [4.69, 9.17) is 0 Å². The third-order valence-corrected chi connectivity index (χ3v) is 3.06. The molecule has 0 amide bonds. The van der Waals surface area contributed by atoms with Crippen LogP contribution in [0.3, 0.4) is 0 Å². The highest BCUT2D eigenvalue weighted by molar-refractivity contribution is 5.80. The van der Waals surface area contributed by atoms with Gasteiger partial charge in [0.2, 0.25) is 0 Å². The van der Waals surface area contributed by atoms with Crippen LogP contribution in [0, 0.1) is 0 Å². The Kier molecular flexibility index (Phi) is 6.67. The summed E-state index contributed by atoms with van der Waals surface area (Å²) in [6.45, 7) is 9.90. The second kappa shape index (κ2) is 8.31. The molecular formula is C19H24. The Morgan fingerprint density at radius 3 is 2.58 bits per heavy atom. The van der Waals surface area contributed by atoms with Crippen molar-refractivity contribution < 1.29 is 0 Å². The molecule has 0 saturated heterocycles. The van der Waals surface area contributed by atoms with Crippen LogP contribution >= 0.6 is 0 Å². The van der Waals surface area contributed by atoms with E-state index in [0.717, 1.165) is 12.8 Å². The molecule has 1 aliphatic carbocycles. The molecule has 1 aliphatic rings. The third-order valence-electron chi connectivity index (χ3n) is 3.06. The Labute approximate surface area is 117 Å². The molecule has 0 aromatic heterocycles. The number of hydrogen-bond donors (Lipinski definition) is 0. The van der Waals surface area contributed by atoms with Crippen LogP contribution in [0.4, 0.5) is 0 Å². The van der Waals surface area contributed by atoms with Crippen LogP contribution in [0.15, 0.2) is 61.2 Å². The second-order valence-electron chi connectivity index (χ2n) is 4.17. The number of hydrogen-bond acceptors (Lipinski definition) is 0. The summed E-state index contributed by atoms with van der Waals surface area (Å²) in [5.74, 6) is 0. The van der Waals surface area contributed by atoms with E-state index >= 15 is 0 Å². The zero-order valence-electron chi connectivity index (χ0n) is 12.3. The van der Waals surface area contributed by atoms with Crippen molar-refractivity contribution in [1.82, 2.24) is 0 Å². The van der Waals surface area contributed by atoms with Gasteiger partial charge in [0.15, 0.2) is 0 Å². The van der Waals surface area contributed by atoms with Crippen molar-refractivity contribution in [2.75, 3.05) is 0 Å². The van der Waals surface area contributed by atoms with Crippen LogP contribution in [0.5, 0.6) is 0 Å². The van der Waals surface area contributed by atoms with Gasteiger partial charge in [-0.05, 0) is 48.1 Å². The number of rotatable bonds is 3. The standard InChI is InChI=1S/C17H18.C2H6/c1-3-14(4-2)16-11-8-12-17(13-16)15-9-6-5-7-10-15;1-2/h3-4,6,8-13H,1,5,7H2,2H3;1-2H3/b14-4+;. The van der Waals surface area contributed by atoms with Crippen LogP contribution in [-0.4, -0.2) is 0 Å². The molecule has 1 aromatic carbocycles. The summed E-state index contributed by atoms with van der Waals surface area (Å²) in [7, 11) is 0. The van der Waals surface area contributed by atoms with Crippen LogP contribution in [0.2, 0.25) is 0 Å². The molecule has 0 N–H and O–H groups in total. The minimum atomic E-state index is 1.15. The summed E-state index contributed by atoms with van der Waals surface area (Å²) in [6, 6.07) is 8.65. The van der Waals surface area contributed by atoms with Crippen molar-refractivity contribution in [2.45, 2.75) is 33.6 Å². The van der Waals surface area contributed by atoms with Crippen molar-refractivity contribution in [3.05, 3.63) is 72.4 Å². The Balaban J connectivity index is 0.000000861. The summed E-state index contributed by atoms with van der Waals surface area (Å²) in [4.78, 5) is 0. The highest BCUT2D eigenvalue weighted by atomic mass is 14.1. The predicted molar refractivity (Wildman–Crippen MR) is 88.0 cm³/mol. The van der Waals surface area contributed by atoms with Crippen molar-refractivity contribution >= 4 is 11.1 Å². The lowest BCUT2D eigenvalue weighted by molar-refractivity contribution is 1.04. The molecule has 0 unspecified atom stereocenters. The zero-order chi connectivity index (χ0) is 14.1. The molecule has 2 rings (SSSR count). The Hall–Kier alpha value is -1.82. The van der Waals surface area contributed by atoms with Crippen LogP contribution in [0.25, 0.3) is 11.1 Å². The van der Waals surface area contributed by atoms with E-state index in [0.29, 0.717) is 0 Å². The monoisotopic (exact) mass is 252 g/mol. The van der Waals surface area contributed by atoms with E-state index in [1.807, 2.05) is 26.8 Å². The fourth-order valence-electron chi connectivity index (χ4n) is 2.11. The quantitative estimate of drug-likeness (QED) is 0.576. The third kappa shape index (κ3) is 4.10. The molecule has 0 atom stereocenters. The van der Waals surface area contributed by atoms with Gasteiger partial charge in [-0.25, -0.2) is 0 Å². The number of allylic oxidation sites excluding steroid dienone is 7. The van der Waals surface area contributed by atoms with E-state index in [2.05, 4.69) is 55.1 Å². The molecule has 0 fully saturated rings.